The molecule has 2 aromatic rings. The summed E-state index contributed by atoms with van der Waals surface area (Å²) < 4.78 is 0. The number of anilines is 1. The second-order valence-corrected chi connectivity index (χ2v) is 5.00. The normalized spacial score (nSPS) is 10.5. The smallest absolute Gasteiger partial charge is 0.147 e. The fourth-order valence-electron chi connectivity index (χ4n) is 1.96. The summed E-state index contributed by atoms with van der Waals surface area (Å²) in [6, 6.07) is 9.99. The van der Waals surface area contributed by atoms with Crippen molar-refractivity contribution in [1.82, 2.24) is 4.98 Å². The fourth-order valence-corrected chi connectivity index (χ4v) is 2.29. The van der Waals surface area contributed by atoms with Crippen LogP contribution in [0, 0.1) is 6.92 Å². The van der Waals surface area contributed by atoms with Gasteiger partial charge in [0.15, 0.2) is 0 Å². The van der Waals surface area contributed by atoms with Crippen molar-refractivity contribution >= 4 is 17.4 Å². The number of halogens is 1. The molecule has 100 valence electrons. The summed E-state index contributed by atoms with van der Waals surface area (Å²) in [5.41, 5.74) is 3.21. The molecule has 0 fully saturated rings. The Morgan fingerprint density at radius 3 is 2.68 bits per heavy atom. The first-order valence-electron chi connectivity index (χ1n) is 6.12. The summed E-state index contributed by atoms with van der Waals surface area (Å²) >= 11 is 6.19. The molecule has 0 atom stereocenters. The number of aromatic nitrogens is 1. The standard InChI is InChI=1S/C15H17ClN2O/c1-11-5-3-4-6-13(11)9-18(2)15-14(16)7-12(10-19)8-17-15/h3-8,19H,9-10H2,1-2H3. The van der Waals surface area contributed by atoms with Crippen LogP contribution in [0.15, 0.2) is 36.5 Å². The molecular weight excluding hydrogens is 260 g/mol. The Bertz CT molecular complexity index is 572. The van der Waals surface area contributed by atoms with Gasteiger partial charge in [-0.05, 0) is 29.7 Å². The van der Waals surface area contributed by atoms with Gasteiger partial charge in [-0.15, -0.1) is 0 Å². The molecule has 0 radical (unpaired) electrons. The van der Waals surface area contributed by atoms with Gasteiger partial charge in [0.05, 0.1) is 11.6 Å². The molecule has 19 heavy (non-hydrogen) atoms. The lowest BCUT2D eigenvalue weighted by molar-refractivity contribution is 0.281. The van der Waals surface area contributed by atoms with Crippen molar-refractivity contribution in [3.05, 3.63) is 58.2 Å². The number of aliphatic hydroxyl groups is 1. The van der Waals surface area contributed by atoms with E-state index < -0.39 is 0 Å². The van der Waals surface area contributed by atoms with Crippen molar-refractivity contribution in [3.8, 4) is 0 Å². The number of hydrogen-bond donors (Lipinski definition) is 1. The van der Waals surface area contributed by atoms with E-state index in [4.69, 9.17) is 16.7 Å². The number of aryl methyl sites for hydroxylation is 1. The van der Waals surface area contributed by atoms with E-state index in [0.717, 1.165) is 17.9 Å². The highest BCUT2D eigenvalue weighted by molar-refractivity contribution is 6.33. The molecule has 0 saturated carbocycles. The molecule has 1 aromatic carbocycles. The second kappa shape index (κ2) is 6.04. The zero-order valence-electron chi connectivity index (χ0n) is 11.1. The molecule has 0 bridgehead atoms. The van der Waals surface area contributed by atoms with Crippen molar-refractivity contribution < 1.29 is 5.11 Å². The maximum atomic E-state index is 9.05. The van der Waals surface area contributed by atoms with E-state index in [1.165, 1.54) is 11.1 Å². The topological polar surface area (TPSA) is 36.4 Å². The van der Waals surface area contributed by atoms with Crippen LogP contribution in [-0.4, -0.2) is 17.1 Å². The minimum absolute atomic E-state index is 0.0471. The summed E-state index contributed by atoms with van der Waals surface area (Å²) in [5, 5.41) is 9.61. The maximum absolute atomic E-state index is 9.05. The zero-order valence-corrected chi connectivity index (χ0v) is 11.9. The van der Waals surface area contributed by atoms with Gasteiger partial charge in [0, 0.05) is 19.8 Å². The van der Waals surface area contributed by atoms with Gasteiger partial charge in [-0.1, -0.05) is 35.9 Å². The number of nitrogens with zero attached hydrogens (tertiary/aromatic N) is 2. The van der Waals surface area contributed by atoms with E-state index >= 15 is 0 Å². The largest absolute Gasteiger partial charge is 0.392 e. The Morgan fingerprint density at radius 2 is 2.05 bits per heavy atom. The highest BCUT2D eigenvalue weighted by atomic mass is 35.5. The molecule has 0 amide bonds. The van der Waals surface area contributed by atoms with Crippen molar-refractivity contribution in [3.63, 3.8) is 0 Å². The van der Waals surface area contributed by atoms with Gasteiger partial charge in [-0.3, -0.25) is 0 Å². The molecule has 1 aromatic heterocycles. The fraction of sp³-hybridized carbons (Fsp3) is 0.267. The Balaban J connectivity index is 2.21. The summed E-state index contributed by atoms with van der Waals surface area (Å²) in [4.78, 5) is 6.31. The van der Waals surface area contributed by atoms with Gasteiger partial charge in [-0.25, -0.2) is 4.98 Å². The van der Waals surface area contributed by atoms with Gasteiger partial charge in [-0.2, -0.15) is 0 Å². The summed E-state index contributed by atoms with van der Waals surface area (Å²) in [7, 11) is 1.96. The van der Waals surface area contributed by atoms with Crippen LogP contribution in [0.2, 0.25) is 5.02 Å². The number of hydrogen-bond acceptors (Lipinski definition) is 3. The highest BCUT2D eigenvalue weighted by Crippen LogP contribution is 2.25. The molecule has 4 heteroatoms. The van der Waals surface area contributed by atoms with Gasteiger partial charge < -0.3 is 10.0 Å². The quantitative estimate of drug-likeness (QED) is 0.932. The Labute approximate surface area is 118 Å². The molecule has 0 aliphatic heterocycles. The number of aliphatic hydroxyl groups excluding tert-OH is 1. The third-order valence-electron chi connectivity index (χ3n) is 3.09. The Morgan fingerprint density at radius 1 is 1.32 bits per heavy atom. The molecule has 0 aliphatic rings. The van der Waals surface area contributed by atoms with Gasteiger partial charge in [0.25, 0.3) is 0 Å². The average Bonchev–Trinajstić information content (AvgIpc) is 2.41. The van der Waals surface area contributed by atoms with E-state index in [1.54, 1.807) is 12.3 Å². The lowest BCUT2D eigenvalue weighted by Crippen LogP contribution is -2.18. The predicted octanol–water partition coefficient (Wildman–Crippen LogP) is 3.17. The van der Waals surface area contributed by atoms with E-state index in [-0.39, 0.29) is 6.61 Å². The molecule has 1 N–H and O–H groups in total. The first kappa shape index (κ1) is 13.8. The Hall–Kier alpha value is -1.58. The van der Waals surface area contributed by atoms with E-state index in [1.807, 2.05) is 24.1 Å². The van der Waals surface area contributed by atoms with Gasteiger partial charge in [0.2, 0.25) is 0 Å². The molecule has 0 spiro atoms. The minimum Gasteiger partial charge on any atom is -0.392 e. The zero-order chi connectivity index (χ0) is 13.8. The van der Waals surface area contributed by atoms with Crippen molar-refractivity contribution in [2.45, 2.75) is 20.1 Å². The van der Waals surface area contributed by atoms with E-state index in [0.29, 0.717) is 5.02 Å². The summed E-state index contributed by atoms with van der Waals surface area (Å²) in [6.07, 6.45) is 1.65. The summed E-state index contributed by atoms with van der Waals surface area (Å²) in [6.45, 7) is 2.79. The Kier molecular flexibility index (Phi) is 4.40. The molecule has 0 saturated heterocycles. The van der Waals surface area contributed by atoms with Crippen LogP contribution in [0.4, 0.5) is 5.82 Å². The first-order chi connectivity index (χ1) is 9.11. The molecule has 0 unspecified atom stereocenters. The van der Waals surface area contributed by atoms with Crippen LogP contribution in [0.1, 0.15) is 16.7 Å². The van der Waals surface area contributed by atoms with Crippen LogP contribution < -0.4 is 4.90 Å². The molecule has 3 nitrogen and oxygen atoms in total. The van der Waals surface area contributed by atoms with Crippen LogP contribution in [0.5, 0.6) is 0 Å². The molecule has 0 aliphatic carbocycles. The second-order valence-electron chi connectivity index (χ2n) is 4.59. The van der Waals surface area contributed by atoms with E-state index in [2.05, 4.69) is 24.0 Å². The third-order valence-corrected chi connectivity index (χ3v) is 3.37. The average molecular weight is 277 g/mol. The minimum atomic E-state index is -0.0471. The number of benzene rings is 1. The molecule has 2 rings (SSSR count). The van der Waals surface area contributed by atoms with Crippen molar-refractivity contribution in [1.29, 1.82) is 0 Å². The first-order valence-corrected chi connectivity index (χ1v) is 6.50. The highest BCUT2D eigenvalue weighted by Gasteiger charge is 2.10. The lowest BCUT2D eigenvalue weighted by Gasteiger charge is -2.20. The van der Waals surface area contributed by atoms with Crippen LogP contribution >= 0.6 is 11.6 Å². The van der Waals surface area contributed by atoms with Gasteiger partial charge in [0.1, 0.15) is 5.82 Å². The number of rotatable bonds is 4. The monoisotopic (exact) mass is 276 g/mol. The molecule has 1 heterocycles. The third kappa shape index (κ3) is 3.25. The van der Waals surface area contributed by atoms with Crippen molar-refractivity contribution in [2.75, 3.05) is 11.9 Å². The van der Waals surface area contributed by atoms with Crippen LogP contribution in [0.3, 0.4) is 0 Å². The lowest BCUT2D eigenvalue weighted by atomic mass is 10.1. The van der Waals surface area contributed by atoms with Crippen LogP contribution in [0.25, 0.3) is 0 Å². The van der Waals surface area contributed by atoms with E-state index in [9.17, 15) is 0 Å². The number of pyridine rings is 1. The molecular formula is C15H17ClN2O. The maximum Gasteiger partial charge on any atom is 0.147 e. The summed E-state index contributed by atoms with van der Waals surface area (Å²) in [5.74, 6) is 0.724. The van der Waals surface area contributed by atoms with Crippen LogP contribution in [-0.2, 0) is 13.2 Å². The van der Waals surface area contributed by atoms with Crippen molar-refractivity contribution in [2.24, 2.45) is 0 Å². The van der Waals surface area contributed by atoms with Gasteiger partial charge >= 0.3 is 0 Å². The predicted molar refractivity (Wildman–Crippen MR) is 78.5 cm³/mol. The SMILES string of the molecule is Cc1ccccc1CN(C)c1ncc(CO)cc1Cl.